The van der Waals surface area contributed by atoms with Crippen molar-refractivity contribution in [2.24, 2.45) is 0 Å². The van der Waals surface area contributed by atoms with E-state index in [9.17, 15) is 0 Å². The SMILES string of the molecule is CCNC(Cc1ncnn1CC)c1cccc(N(C)C)c1. The van der Waals surface area contributed by atoms with Gasteiger partial charge in [-0.05, 0) is 31.2 Å². The molecule has 21 heavy (non-hydrogen) atoms. The molecule has 0 radical (unpaired) electrons. The molecular weight excluding hydrogens is 262 g/mol. The Balaban J connectivity index is 2.24. The minimum Gasteiger partial charge on any atom is -0.378 e. The highest BCUT2D eigenvalue weighted by atomic mass is 15.3. The minimum atomic E-state index is 0.254. The molecule has 0 aliphatic heterocycles. The average Bonchev–Trinajstić information content (AvgIpc) is 2.94. The van der Waals surface area contributed by atoms with E-state index in [2.05, 4.69) is 72.5 Å². The van der Waals surface area contributed by atoms with Crippen molar-refractivity contribution in [3.05, 3.63) is 42.0 Å². The highest BCUT2D eigenvalue weighted by Crippen LogP contribution is 2.22. The van der Waals surface area contributed by atoms with Crippen LogP contribution in [0, 0.1) is 0 Å². The number of anilines is 1. The number of nitrogens with zero attached hydrogens (tertiary/aromatic N) is 4. The number of rotatable bonds is 7. The molecular formula is C16H25N5. The highest BCUT2D eigenvalue weighted by Gasteiger charge is 2.15. The fraction of sp³-hybridized carbons (Fsp3) is 0.500. The Bertz CT molecular complexity index is 561. The van der Waals surface area contributed by atoms with E-state index in [-0.39, 0.29) is 6.04 Å². The molecule has 1 atom stereocenters. The molecule has 0 aliphatic rings. The monoisotopic (exact) mass is 287 g/mol. The van der Waals surface area contributed by atoms with Crippen LogP contribution in [0.3, 0.4) is 0 Å². The predicted molar refractivity (Wildman–Crippen MR) is 86.6 cm³/mol. The van der Waals surface area contributed by atoms with Crippen molar-refractivity contribution in [1.29, 1.82) is 0 Å². The molecule has 1 unspecified atom stereocenters. The van der Waals surface area contributed by atoms with Gasteiger partial charge in [0.1, 0.15) is 12.2 Å². The lowest BCUT2D eigenvalue weighted by molar-refractivity contribution is 0.509. The maximum Gasteiger partial charge on any atom is 0.138 e. The Labute approximate surface area is 127 Å². The number of likely N-dealkylation sites (N-methyl/N-ethyl adjacent to an activating group) is 1. The standard InChI is InChI=1S/C16H25N5/c1-5-17-15(11-16-18-12-19-21(16)6-2)13-8-7-9-14(10-13)20(3)4/h7-10,12,15,17H,5-6,11H2,1-4H3. The number of benzene rings is 1. The van der Waals surface area contributed by atoms with Crippen LogP contribution in [0.25, 0.3) is 0 Å². The summed E-state index contributed by atoms with van der Waals surface area (Å²) in [6.45, 7) is 6.00. The smallest absolute Gasteiger partial charge is 0.138 e. The van der Waals surface area contributed by atoms with Gasteiger partial charge in [0.25, 0.3) is 0 Å². The molecule has 0 bridgehead atoms. The summed E-state index contributed by atoms with van der Waals surface area (Å²) in [5, 5.41) is 7.81. The Morgan fingerprint density at radius 1 is 1.29 bits per heavy atom. The van der Waals surface area contributed by atoms with Gasteiger partial charge in [0, 0.05) is 38.8 Å². The summed E-state index contributed by atoms with van der Waals surface area (Å²) in [7, 11) is 4.13. The van der Waals surface area contributed by atoms with Crippen LogP contribution in [-0.2, 0) is 13.0 Å². The minimum absolute atomic E-state index is 0.254. The summed E-state index contributed by atoms with van der Waals surface area (Å²) in [5.41, 5.74) is 2.50. The third-order valence-electron chi connectivity index (χ3n) is 3.62. The van der Waals surface area contributed by atoms with Crippen LogP contribution in [0.1, 0.15) is 31.3 Å². The first-order valence-corrected chi connectivity index (χ1v) is 7.53. The zero-order valence-corrected chi connectivity index (χ0v) is 13.4. The molecule has 2 aromatic rings. The van der Waals surface area contributed by atoms with Crippen molar-refractivity contribution in [1.82, 2.24) is 20.1 Å². The summed E-state index contributed by atoms with van der Waals surface area (Å²) >= 11 is 0. The second kappa shape index (κ2) is 7.22. The number of aromatic nitrogens is 3. The van der Waals surface area contributed by atoms with Gasteiger partial charge in [0.2, 0.25) is 0 Å². The Morgan fingerprint density at radius 2 is 2.10 bits per heavy atom. The maximum atomic E-state index is 4.39. The maximum absolute atomic E-state index is 4.39. The molecule has 0 spiro atoms. The summed E-state index contributed by atoms with van der Waals surface area (Å²) < 4.78 is 1.96. The van der Waals surface area contributed by atoms with Crippen LogP contribution in [0.5, 0.6) is 0 Å². The topological polar surface area (TPSA) is 46.0 Å². The van der Waals surface area contributed by atoms with E-state index in [1.807, 2.05) is 4.68 Å². The van der Waals surface area contributed by atoms with Crippen molar-refractivity contribution >= 4 is 5.69 Å². The van der Waals surface area contributed by atoms with Crippen LogP contribution in [0.15, 0.2) is 30.6 Å². The molecule has 0 fully saturated rings. The molecule has 0 saturated carbocycles. The zero-order valence-electron chi connectivity index (χ0n) is 13.4. The molecule has 114 valence electrons. The van der Waals surface area contributed by atoms with Gasteiger partial charge < -0.3 is 10.2 Å². The Kier molecular flexibility index (Phi) is 5.33. The number of aryl methyl sites for hydroxylation is 1. The van der Waals surface area contributed by atoms with Crippen molar-refractivity contribution < 1.29 is 0 Å². The fourth-order valence-corrected chi connectivity index (χ4v) is 2.47. The van der Waals surface area contributed by atoms with Gasteiger partial charge in [0.05, 0.1) is 0 Å². The van der Waals surface area contributed by atoms with Crippen LogP contribution in [-0.4, -0.2) is 35.4 Å². The van der Waals surface area contributed by atoms with Gasteiger partial charge in [0.15, 0.2) is 0 Å². The molecule has 0 amide bonds. The van der Waals surface area contributed by atoms with E-state index in [1.54, 1.807) is 6.33 Å². The van der Waals surface area contributed by atoms with Crippen molar-refractivity contribution in [2.75, 3.05) is 25.5 Å². The third kappa shape index (κ3) is 3.82. The quantitative estimate of drug-likeness (QED) is 0.848. The Hall–Kier alpha value is -1.88. The summed E-state index contributed by atoms with van der Waals surface area (Å²) in [4.78, 5) is 6.52. The van der Waals surface area contributed by atoms with Gasteiger partial charge in [-0.25, -0.2) is 4.98 Å². The van der Waals surface area contributed by atoms with E-state index < -0.39 is 0 Å². The zero-order chi connectivity index (χ0) is 15.2. The van der Waals surface area contributed by atoms with E-state index in [0.29, 0.717) is 0 Å². The van der Waals surface area contributed by atoms with E-state index in [0.717, 1.165) is 25.3 Å². The molecule has 0 saturated heterocycles. The van der Waals surface area contributed by atoms with Crippen LogP contribution in [0.4, 0.5) is 5.69 Å². The number of nitrogens with one attached hydrogen (secondary N) is 1. The molecule has 1 heterocycles. The predicted octanol–water partition coefficient (Wildman–Crippen LogP) is 2.26. The van der Waals surface area contributed by atoms with Gasteiger partial charge >= 0.3 is 0 Å². The molecule has 0 aliphatic carbocycles. The van der Waals surface area contributed by atoms with Gasteiger partial charge in [-0.1, -0.05) is 19.1 Å². The van der Waals surface area contributed by atoms with Crippen LogP contribution < -0.4 is 10.2 Å². The van der Waals surface area contributed by atoms with Gasteiger partial charge in [-0.2, -0.15) is 5.10 Å². The van der Waals surface area contributed by atoms with E-state index in [4.69, 9.17) is 0 Å². The van der Waals surface area contributed by atoms with Crippen LogP contribution >= 0.6 is 0 Å². The first-order chi connectivity index (χ1) is 10.2. The molecule has 1 aromatic heterocycles. The van der Waals surface area contributed by atoms with Crippen molar-refractivity contribution in [3.8, 4) is 0 Å². The van der Waals surface area contributed by atoms with Crippen molar-refractivity contribution in [2.45, 2.75) is 32.9 Å². The highest BCUT2D eigenvalue weighted by molar-refractivity contribution is 5.48. The fourth-order valence-electron chi connectivity index (χ4n) is 2.47. The molecule has 5 heteroatoms. The molecule has 1 N–H and O–H groups in total. The molecule has 2 rings (SSSR count). The summed E-state index contributed by atoms with van der Waals surface area (Å²) in [5.74, 6) is 1.03. The van der Waals surface area contributed by atoms with Gasteiger partial charge in [-0.3, -0.25) is 4.68 Å². The third-order valence-corrected chi connectivity index (χ3v) is 3.62. The van der Waals surface area contributed by atoms with E-state index >= 15 is 0 Å². The molecule has 5 nitrogen and oxygen atoms in total. The second-order valence-electron chi connectivity index (χ2n) is 5.30. The van der Waals surface area contributed by atoms with Gasteiger partial charge in [-0.15, -0.1) is 0 Å². The van der Waals surface area contributed by atoms with E-state index in [1.165, 1.54) is 11.3 Å². The summed E-state index contributed by atoms with van der Waals surface area (Å²) in [6.07, 6.45) is 2.48. The number of hydrogen-bond donors (Lipinski definition) is 1. The lowest BCUT2D eigenvalue weighted by atomic mass is 10.0. The first-order valence-electron chi connectivity index (χ1n) is 7.53. The second-order valence-corrected chi connectivity index (χ2v) is 5.30. The number of hydrogen-bond acceptors (Lipinski definition) is 4. The normalized spacial score (nSPS) is 12.4. The first kappa shape index (κ1) is 15.5. The van der Waals surface area contributed by atoms with Crippen molar-refractivity contribution in [3.63, 3.8) is 0 Å². The Morgan fingerprint density at radius 3 is 2.76 bits per heavy atom. The van der Waals surface area contributed by atoms with Crippen LogP contribution in [0.2, 0.25) is 0 Å². The lowest BCUT2D eigenvalue weighted by Gasteiger charge is -2.20. The summed E-state index contributed by atoms with van der Waals surface area (Å²) in [6, 6.07) is 8.90. The molecule has 1 aromatic carbocycles. The average molecular weight is 287 g/mol. The lowest BCUT2D eigenvalue weighted by Crippen LogP contribution is -2.25. The largest absolute Gasteiger partial charge is 0.378 e.